The molecule has 0 unspecified atom stereocenters. The first-order valence-corrected chi connectivity index (χ1v) is 11.1. The zero-order chi connectivity index (χ0) is 22.3. The van der Waals surface area contributed by atoms with Crippen molar-refractivity contribution in [1.29, 1.82) is 5.26 Å². The first-order chi connectivity index (χ1) is 15.7. The summed E-state index contributed by atoms with van der Waals surface area (Å²) in [5.74, 6) is 0.885. The molecule has 32 heavy (non-hydrogen) atoms. The van der Waals surface area contributed by atoms with Crippen LogP contribution in [0.15, 0.2) is 58.4 Å². The van der Waals surface area contributed by atoms with Crippen LogP contribution in [0.1, 0.15) is 18.4 Å². The lowest BCUT2D eigenvalue weighted by Gasteiger charge is -2.19. The van der Waals surface area contributed by atoms with Gasteiger partial charge in [-0.3, -0.25) is 9.69 Å². The average molecular weight is 450 g/mol. The molecule has 2 aliphatic heterocycles. The number of hydrogen-bond acceptors (Lipinski definition) is 7. The number of hydrogen-bond donors (Lipinski definition) is 0. The van der Waals surface area contributed by atoms with E-state index in [4.69, 9.17) is 24.5 Å². The number of aliphatic imine (C=N–C) groups is 1. The van der Waals surface area contributed by atoms with Crippen molar-refractivity contribution in [3.05, 3.63) is 59.0 Å². The van der Waals surface area contributed by atoms with Gasteiger partial charge in [-0.2, -0.15) is 5.26 Å². The molecule has 8 heteroatoms. The molecule has 2 aromatic carbocycles. The molecule has 2 saturated heterocycles. The average Bonchev–Trinajstić information content (AvgIpc) is 3.43. The molecule has 2 aliphatic rings. The lowest BCUT2D eigenvalue weighted by Crippen LogP contribution is -2.36. The Morgan fingerprint density at radius 3 is 2.84 bits per heavy atom. The quantitative estimate of drug-likeness (QED) is 0.583. The maximum absolute atomic E-state index is 13.3. The van der Waals surface area contributed by atoms with E-state index in [9.17, 15) is 4.79 Å². The molecule has 0 spiro atoms. The van der Waals surface area contributed by atoms with Crippen LogP contribution in [0.5, 0.6) is 11.5 Å². The topological polar surface area (TPSA) is 84.2 Å². The van der Waals surface area contributed by atoms with Gasteiger partial charge in [0.2, 0.25) is 0 Å². The smallest absolute Gasteiger partial charge is 0.266 e. The Bertz CT molecular complexity index is 1070. The highest BCUT2D eigenvalue weighted by Crippen LogP contribution is 2.36. The van der Waals surface area contributed by atoms with Crippen molar-refractivity contribution in [2.75, 3.05) is 26.9 Å². The van der Waals surface area contributed by atoms with Crippen LogP contribution in [0.2, 0.25) is 0 Å². The van der Waals surface area contributed by atoms with Crippen LogP contribution in [-0.4, -0.2) is 48.9 Å². The molecule has 0 N–H and O–H groups in total. The minimum Gasteiger partial charge on any atom is -0.493 e. The number of nitrogens with zero attached hydrogens (tertiary/aromatic N) is 3. The number of para-hydroxylation sites is 1. The van der Waals surface area contributed by atoms with Crippen molar-refractivity contribution in [3.63, 3.8) is 0 Å². The maximum atomic E-state index is 13.3. The number of benzene rings is 2. The first kappa shape index (κ1) is 21.9. The number of amidine groups is 1. The summed E-state index contributed by atoms with van der Waals surface area (Å²) in [6.07, 6.45) is 3.79. The van der Waals surface area contributed by atoms with Gasteiger partial charge in [0.15, 0.2) is 23.3 Å². The van der Waals surface area contributed by atoms with Crippen LogP contribution in [0.25, 0.3) is 6.08 Å². The van der Waals surface area contributed by atoms with Crippen LogP contribution < -0.4 is 9.47 Å². The molecular weight excluding hydrogens is 426 g/mol. The molecular formula is C24H23N3O4S. The molecule has 0 radical (unpaired) electrons. The minimum atomic E-state index is -0.0936. The summed E-state index contributed by atoms with van der Waals surface area (Å²) < 4.78 is 16.5. The highest BCUT2D eigenvalue weighted by Gasteiger charge is 2.35. The Balaban J connectivity index is 1.62. The Morgan fingerprint density at radius 1 is 1.28 bits per heavy atom. The van der Waals surface area contributed by atoms with Crippen LogP contribution in [0.4, 0.5) is 5.69 Å². The van der Waals surface area contributed by atoms with E-state index in [0.717, 1.165) is 30.7 Å². The standard InChI is InChI=1S/C24H23N3O4S/c1-29-21-14-17(9-10-20(21)31-13-11-25)15-22-23(28)27(16-19-8-5-12-30-19)24(32-22)26-18-6-3-2-4-7-18/h2-4,6-7,9-10,14-15,19H,5,8,12-13,16H2,1H3/b22-15-,26-24?/t19-/m1/s1. The van der Waals surface area contributed by atoms with Crippen molar-refractivity contribution in [2.45, 2.75) is 18.9 Å². The second kappa shape index (κ2) is 10.4. The van der Waals surface area contributed by atoms with Gasteiger partial charge in [0.25, 0.3) is 5.91 Å². The molecule has 1 amide bonds. The van der Waals surface area contributed by atoms with E-state index >= 15 is 0 Å². The lowest BCUT2D eigenvalue weighted by molar-refractivity contribution is -0.123. The summed E-state index contributed by atoms with van der Waals surface area (Å²) >= 11 is 1.35. The SMILES string of the molecule is COc1cc(/C=C2\SC(=Nc3ccccc3)N(C[C@H]3CCCO3)C2=O)ccc1OCC#N. The molecule has 0 bridgehead atoms. The zero-order valence-electron chi connectivity index (χ0n) is 17.7. The number of ether oxygens (including phenoxy) is 3. The second-order valence-electron chi connectivity index (χ2n) is 7.25. The van der Waals surface area contributed by atoms with E-state index in [0.29, 0.717) is 28.1 Å². The fourth-order valence-corrected chi connectivity index (χ4v) is 4.52. The van der Waals surface area contributed by atoms with Gasteiger partial charge in [0.1, 0.15) is 6.07 Å². The fourth-order valence-electron chi connectivity index (χ4n) is 3.51. The molecule has 1 atom stereocenters. The number of nitriles is 1. The summed E-state index contributed by atoms with van der Waals surface area (Å²) in [4.78, 5) is 20.3. The molecule has 7 nitrogen and oxygen atoms in total. The van der Waals surface area contributed by atoms with E-state index < -0.39 is 0 Å². The highest BCUT2D eigenvalue weighted by molar-refractivity contribution is 8.18. The number of rotatable bonds is 7. The molecule has 2 fully saturated rings. The molecule has 0 saturated carbocycles. The molecule has 2 heterocycles. The van der Waals surface area contributed by atoms with E-state index in [1.807, 2.05) is 48.5 Å². The van der Waals surface area contributed by atoms with Crippen molar-refractivity contribution in [2.24, 2.45) is 4.99 Å². The maximum Gasteiger partial charge on any atom is 0.266 e. The summed E-state index contributed by atoms with van der Waals surface area (Å²) in [7, 11) is 1.54. The third-order valence-electron chi connectivity index (χ3n) is 5.06. The summed E-state index contributed by atoms with van der Waals surface area (Å²) in [5.41, 5.74) is 1.59. The highest BCUT2D eigenvalue weighted by atomic mass is 32.2. The summed E-state index contributed by atoms with van der Waals surface area (Å²) in [6.45, 7) is 1.15. The third-order valence-corrected chi connectivity index (χ3v) is 6.06. The minimum absolute atomic E-state index is 0.0246. The predicted octanol–water partition coefficient (Wildman–Crippen LogP) is 4.38. The van der Waals surface area contributed by atoms with Gasteiger partial charge in [0.05, 0.1) is 30.4 Å². The van der Waals surface area contributed by atoms with Crippen LogP contribution in [0.3, 0.4) is 0 Å². The predicted molar refractivity (Wildman–Crippen MR) is 124 cm³/mol. The van der Waals surface area contributed by atoms with Crippen molar-refractivity contribution >= 4 is 34.6 Å². The second-order valence-corrected chi connectivity index (χ2v) is 8.26. The van der Waals surface area contributed by atoms with Gasteiger partial charge in [-0.1, -0.05) is 24.3 Å². The number of thioether (sulfide) groups is 1. The Morgan fingerprint density at radius 2 is 2.12 bits per heavy atom. The molecule has 0 aliphatic carbocycles. The molecule has 4 rings (SSSR count). The molecule has 2 aromatic rings. The van der Waals surface area contributed by atoms with Crippen molar-refractivity contribution in [1.82, 2.24) is 4.90 Å². The van der Waals surface area contributed by atoms with E-state index in [-0.39, 0.29) is 18.6 Å². The normalized spacial score (nSPS) is 20.7. The molecule has 164 valence electrons. The third kappa shape index (κ3) is 5.13. The van der Waals surface area contributed by atoms with E-state index in [1.165, 1.54) is 18.9 Å². The van der Waals surface area contributed by atoms with Crippen LogP contribution in [-0.2, 0) is 9.53 Å². The van der Waals surface area contributed by atoms with Gasteiger partial charge in [0, 0.05) is 6.61 Å². The number of carbonyl (C=O) groups excluding carboxylic acids is 1. The van der Waals surface area contributed by atoms with Gasteiger partial charge < -0.3 is 14.2 Å². The van der Waals surface area contributed by atoms with Gasteiger partial charge in [-0.25, -0.2) is 4.99 Å². The fraction of sp³-hybridized carbons (Fsp3) is 0.292. The Hall–Kier alpha value is -3.28. The Kier molecular flexibility index (Phi) is 7.10. The van der Waals surface area contributed by atoms with Crippen LogP contribution in [0, 0.1) is 11.3 Å². The van der Waals surface area contributed by atoms with Gasteiger partial charge >= 0.3 is 0 Å². The van der Waals surface area contributed by atoms with Crippen molar-refractivity contribution in [3.8, 4) is 17.6 Å². The number of amides is 1. The summed E-state index contributed by atoms with van der Waals surface area (Å²) in [6, 6.07) is 16.9. The zero-order valence-corrected chi connectivity index (χ0v) is 18.5. The first-order valence-electron chi connectivity index (χ1n) is 10.3. The van der Waals surface area contributed by atoms with E-state index in [2.05, 4.69) is 0 Å². The number of carbonyl (C=O) groups is 1. The number of methoxy groups -OCH3 is 1. The lowest BCUT2D eigenvalue weighted by atomic mass is 10.1. The van der Waals surface area contributed by atoms with Gasteiger partial charge in [-0.05, 0) is 60.5 Å². The van der Waals surface area contributed by atoms with Gasteiger partial charge in [-0.15, -0.1) is 0 Å². The summed E-state index contributed by atoms with van der Waals surface area (Å²) in [5, 5.41) is 9.37. The molecule has 0 aromatic heterocycles. The van der Waals surface area contributed by atoms with Crippen molar-refractivity contribution < 1.29 is 19.0 Å². The van der Waals surface area contributed by atoms with Crippen LogP contribution >= 0.6 is 11.8 Å². The Labute approximate surface area is 191 Å². The van der Waals surface area contributed by atoms with E-state index in [1.54, 1.807) is 17.0 Å². The largest absolute Gasteiger partial charge is 0.493 e. The monoisotopic (exact) mass is 449 g/mol.